The van der Waals surface area contributed by atoms with E-state index in [-0.39, 0.29) is 55.4 Å². The van der Waals surface area contributed by atoms with Crippen molar-refractivity contribution in [2.24, 2.45) is 0 Å². The summed E-state index contributed by atoms with van der Waals surface area (Å²) in [6, 6.07) is 19.3. The molecular formula is C44H28O. The number of hydrogen-bond donors (Lipinski definition) is 0. The first-order chi connectivity index (χ1) is 27.7. The highest BCUT2D eigenvalue weighted by Crippen LogP contribution is 2.49. The van der Waals surface area contributed by atoms with E-state index < -0.39 is 72.5 Å². The zero-order valence-corrected chi connectivity index (χ0v) is 23.6. The van der Waals surface area contributed by atoms with Crippen LogP contribution in [0.4, 0.5) is 0 Å². The van der Waals surface area contributed by atoms with Crippen molar-refractivity contribution in [2.75, 3.05) is 0 Å². The van der Waals surface area contributed by atoms with E-state index in [1.807, 2.05) is 48.5 Å². The maximum atomic E-state index is 9.52. The monoisotopic (exact) mass is 585 g/mol. The first-order valence-electron chi connectivity index (χ1n) is 20.9. The smallest absolute Gasteiger partial charge is 0.143 e. The lowest BCUT2D eigenvalue weighted by atomic mass is 9.83. The Balaban J connectivity index is 1.61. The fourth-order valence-electron chi connectivity index (χ4n) is 6.30. The van der Waals surface area contributed by atoms with Gasteiger partial charge in [0.25, 0.3) is 0 Å². The predicted molar refractivity (Wildman–Crippen MR) is 190 cm³/mol. The molecular weight excluding hydrogens is 544 g/mol. The Bertz CT molecular complexity index is 3170. The van der Waals surface area contributed by atoms with Gasteiger partial charge in [-0.2, -0.15) is 0 Å². The van der Waals surface area contributed by atoms with Crippen LogP contribution in [0.25, 0.3) is 88.0 Å². The lowest BCUT2D eigenvalue weighted by molar-refractivity contribution is 0.670. The van der Waals surface area contributed by atoms with Crippen molar-refractivity contribution in [1.29, 1.82) is 0 Å². The summed E-state index contributed by atoms with van der Waals surface area (Å²) in [6.07, 6.45) is 0. The Labute approximate surface area is 279 Å². The van der Waals surface area contributed by atoms with Crippen LogP contribution in [0.1, 0.15) is 17.8 Å². The van der Waals surface area contributed by atoms with Gasteiger partial charge in [0.05, 0.1) is 17.8 Å². The molecule has 0 saturated carbocycles. The average molecular weight is 586 g/mol. The predicted octanol–water partition coefficient (Wildman–Crippen LogP) is 12.6. The summed E-state index contributed by atoms with van der Waals surface area (Å²) in [6.45, 7) is 0. The molecule has 0 amide bonds. The topological polar surface area (TPSA) is 13.1 Å². The molecule has 0 fully saturated rings. The highest BCUT2D eigenvalue weighted by molar-refractivity contribution is 6.27. The van der Waals surface area contributed by atoms with Gasteiger partial charge in [0, 0.05) is 16.3 Å². The van der Waals surface area contributed by atoms with E-state index in [2.05, 4.69) is 0 Å². The van der Waals surface area contributed by atoms with Crippen LogP contribution in [0.15, 0.2) is 174 Å². The van der Waals surface area contributed by atoms with Crippen LogP contribution in [0, 0.1) is 0 Å². The van der Waals surface area contributed by atoms with Gasteiger partial charge >= 0.3 is 0 Å². The molecule has 9 aromatic rings. The lowest BCUT2D eigenvalue weighted by Gasteiger charge is -2.20. The van der Waals surface area contributed by atoms with Crippen LogP contribution < -0.4 is 0 Å². The number of para-hydroxylation sites is 1. The maximum Gasteiger partial charge on any atom is 0.143 e. The van der Waals surface area contributed by atoms with Crippen LogP contribution >= 0.6 is 0 Å². The molecule has 0 saturated heterocycles. The molecule has 1 nitrogen and oxygen atoms in total. The van der Waals surface area contributed by atoms with Gasteiger partial charge in [0.2, 0.25) is 0 Å². The zero-order valence-electron chi connectivity index (χ0n) is 36.6. The number of benzene rings is 8. The summed E-state index contributed by atoms with van der Waals surface area (Å²) in [5.74, 6) is 0. The van der Waals surface area contributed by atoms with Crippen LogP contribution in [0.5, 0.6) is 0 Å². The fraction of sp³-hybridized carbons (Fsp3) is 0. The Morgan fingerprint density at radius 3 is 1.58 bits per heavy atom. The zero-order chi connectivity index (χ0) is 41.1. The molecule has 8 aromatic carbocycles. The van der Waals surface area contributed by atoms with Crippen molar-refractivity contribution in [2.45, 2.75) is 0 Å². The molecule has 0 N–H and O–H groups in total. The van der Waals surface area contributed by atoms with Crippen molar-refractivity contribution >= 4 is 43.5 Å². The molecule has 0 radical (unpaired) electrons. The minimum Gasteiger partial charge on any atom is -0.455 e. The third-order valence-corrected chi connectivity index (χ3v) is 8.20. The van der Waals surface area contributed by atoms with Gasteiger partial charge in [-0.15, -0.1) is 0 Å². The van der Waals surface area contributed by atoms with E-state index in [4.69, 9.17) is 15.4 Å². The first-order valence-corrected chi connectivity index (χ1v) is 14.4. The van der Waals surface area contributed by atoms with Crippen molar-refractivity contribution in [1.82, 2.24) is 0 Å². The highest BCUT2D eigenvalue weighted by Gasteiger charge is 2.22. The SMILES string of the molecule is [2H]c1ccc(-c2c([2H])c([2H])c([2H])c([2H])c2-c2c3c([2H])c([2H])c([2H])c([2H])c3c(-c3ccc(-c4ccccc4)c4oc5ccccc5c34)c3c([2H])c([2H])c([2H])c([2H])c23)cc1. The molecule has 9 rings (SSSR count). The van der Waals surface area contributed by atoms with Crippen molar-refractivity contribution in [3.05, 3.63) is 170 Å². The van der Waals surface area contributed by atoms with Gasteiger partial charge in [-0.3, -0.25) is 0 Å². The number of rotatable bonds is 4. The Morgan fingerprint density at radius 2 is 0.889 bits per heavy atom. The summed E-state index contributed by atoms with van der Waals surface area (Å²) >= 11 is 0. The molecule has 0 bridgehead atoms. The molecule has 0 aliphatic heterocycles. The van der Waals surface area contributed by atoms with Crippen LogP contribution in [-0.4, -0.2) is 0 Å². The minimum atomic E-state index is -0.656. The second-order valence-electron chi connectivity index (χ2n) is 10.6. The summed E-state index contributed by atoms with van der Waals surface area (Å²) in [5.41, 5.74) is 2.68. The van der Waals surface area contributed by atoms with Crippen molar-refractivity contribution in [3.63, 3.8) is 0 Å². The third kappa shape index (κ3) is 4.02. The Hall–Kier alpha value is -5.92. The van der Waals surface area contributed by atoms with E-state index in [0.717, 1.165) is 5.56 Å². The maximum absolute atomic E-state index is 9.52. The molecule has 0 unspecified atom stereocenters. The fourth-order valence-corrected chi connectivity index (χ4v) is 6.30. The standard InChI is InChI=1S/C44H28O/c1-3-15-29(16-4-1)31-19-7-8-20-33(31)41-34-21-9-11-23-36(34)42(37-24-12-10-22-35(37)41)39-28-27-32(30-17-5-2-6-18-30)44-43(39)38-25-13-14-26-40(38)45-44/h1-28H/i1D,7D,8D,9D,10D,11D,12D,19D,20D,21D,22D,23D,24D. The van der Waals surface area contributed by atoms with E-state index in [1.54, 1.807) is 18.2 Å². The molecule has 1 heterocycles. The minimum absolute atomic E-state index is 0.0726. The van der Waals surface area contributed by atoms with Crippen molar-refractivity contribution in [3.8, 4) is 44.5 Å². The molecule has 210 valence electrons. The number of fused-ring (bicyclic) bond motifs is 5. The number of furan rings is 1. The normalized spacial score (nSPS) is 15.6. The first kappa shape index (κ1) is 15.7. The van der Waals surface area contributed by atoms with Gasteiger partial charge in [0.15, 0.2) is 0 Å². The summed E-state index contributed by atoms with van der Waals surface area (Å²) in [4.78, 5) is 0. The molecule has 0 spiro atoms. The molecule has 0 aliphatic carbocycles. The van der Waals surface area contributed by atoms with E-state index >= 15 is 0 Å². The van der Waals surface area contributed by atoms with E-state index in [9.17, 15) is 6.85 Å². The highest BCUT2D eigenvalue weighted by atomic mass is 16.3. The van der Waals surface area contributed by atoms with Gasteiger partial charge in [-0.1, -0.05) is 157 Å². The molecule has 0 atom stereocenters. The third-order valence-electron chi connectivity index (χ3n) is 8.20. The van der Waals surface area contributed by atoms with Gasteiger partial charge < -0.3 is 4.42 Å². The lowest BCUT2D eigenvalue weighted by Crippen LogP contribution is -1.93. The van der Waals surface area contributed by atoms with Gasteiger partial charge in [-0.25, -0.2) is 0 Å². The second kappa shape index (κ2) is 10.4. The summed E-state index contributed by atoms with van der Waals surface area (Å²) in [5, 5.41) is 0.555. The number of hydrogen-bond acceptors (Lipinski definition) is 1. The average Bonchev–Trinajstić information content (AvgIpc) is 3.63. The van der Waals surface area contributed by atoms with Gasteiger partial charge in [0.1, 0.15) is 11.2 Å². The van der Waals surface area contributed by atoms with Gasteiger partial charge in [-0.05, 0) is 72.6 Å². The Kier molecular flexibility index (Phi) is 3.62. The van der Waals surface area contributed by atoms with E-state index in [1.165, 1.54) is 24.3 Å². The second-order valence-corrected chi connectivity index (χ2v) is 10.6. The summed E-state index contributed by atoms with van der Waals surface area (Å²) in [7, 11) is 0. The molecule has 45 heavy (non-hydrogen) atoms. The Morgan fingerprint density at radius 1 is 0.378 bits per heavy atom. The van der Waals surface area contributed by atoms with Crippen LogP contribution in [-0.2, 0) is 0 Å². The largest absolute Gasteiger partial charge is 0.455 e. The van der Waals surface area contributed by atoms with E-state index in [0.29, 0.717) is 33.1 Å². The van der Waals surface area contributed by atoms with Crippen LogP contribution in [0.2, 0.25) is 0 Å². The van der Waals surface area contributed by atoms with Crippen LogP contribution in [0.3, 0.4) is 0 Å². The quantitative estimate of drug-likeness (QED) is 0.187. The molecule has 0 aliphatic rings. The molecule has 1 heteroatoms. The van der Waals surface area contributed by atoms with Crippen molar-refractivity contribution < 1.29 is 22.2 Å². The molecule has 1 aromatic heterocycles. The summed E-state index contributed by atoms with van der Waals surface area (Å²) < 4.78 is 124.